The molecule has 1 aliphatic heterocycles. The number of aliphatic hydroxyl groups excluding tert-OH is 1. The zero-order chi connectivity index (χ0) is 5.98. The Bertz CT molecular complexity index is 78.8. The van der Waals surface area contributed by atoms with Crippen LogP contribution in [0.2, 0.25) is 0 Å². The number of β-amino-alcohol motifs (C(OH)–C–C–N with tert-alkyl or cyclic N) is 1. The molecule has 2 atom stereocenters. The van der Waals surface area contributed by atoms with E-state index in [-0.39, 0.29) is 6.10 Å². The number of hydrogen-bond donors (Lipinski definition) is 2. The van der Waals surface area contributed by atoms with Crippen LogP contribution in [0, 0.1) is 0 Å². The van der Waals surface area contributed by atoms with Crippen molar-refractivity contribution in [3.05, 3.63) is 0 Å². The molecule has 0 radical (unpaired) electrons. The lowest BCUT2D eigenvalue weighted by Gasteiger charge is -2.07. The predicted molar refractivity (Wildman–Crippen MR) is 36.2 cm³/mol. The van der Waals surface area contributed by atoms with E-state index < -0.39 is 0 Å². The lowest BCUT2D eigenvalue weighted by molar-refractivity contribution is 0.201. The van der Waals surface area contributed by atoms with Gasteiger partial charge >= 0.3 is 0 Å². The minimum atomic E-state index is -0.120. The zero-order valence-corrected chi connectivity index (χ0v) is 5.74. The maximum atomic E-state index is 9.11. The largest absolute Gasteiger partial charge is 0.391 e. The summed E-state index contributed by atoms with van der Waals surface area (Å²) in [5.41, 5.74) is 0. The van der Waals surface area contributed by atoms with Gasteiger partial charge in [-0.25, -0.2) is 0 Å². The summed E-state index contributed by atoms with van der Waals surface area (Å²) < 4.78 is 0. The van der Waals surface area contributed by atoms with Crippen LogP contribution in [0.4, 0.5) is 0 Å². The highest BCUT2D eigenvalue weighted by atomic mass is 32.2. The molecule has 1 saturated heterocycles. The molecule has 2 nitrogen and oxygen atoms in total. The van der Waals surface area contributed by atoms with Gasteiger partial charge in [-0.3, -0.25) is 0 Å². The SMILES string of the molecule is CS[C@@H]1CNC[C@H]1O. The molecule has 1 aliphatic rings. The summed E-state index contributed by atoms with van der Waals surface area (Å²) in [7, 11) is 0. The molecule has 1 heterocycles. The van der Waals surface area contributed by atoms with Gasteiger partial charge in [0.15, 0.2) is 0 Å². The molecule has 0 aromatic heterocycles. The van der Waals surface area contributed by atoms with Crippen LogP contribution in [0.5, 0.6) is 0 Å². The third kappa shape index (κ3) is 1.16. The smallest absolute Gasteiger partial charge is 0.0795 e. The van der Waals surface area contributed by atoms with Crippen LogP contribution in [-0.4, -0.2) is 35.8 Å². The molecular weight excluding hydrogens is 122 g/mol. The highest BCUT2D eigenvalue weighted by Crippen LogP contribution is 2.13. The van der Waals surface area contributed by atoms with Crippen LogP contribution in [-0.2, 0) is 0 Å². The third-order valence-corrected chi connectivity index (χ3v) is 2.52. The van der Waals surface area contributed by atoms with E-state index in [2.05, 4.69) is 5.32 Å². The predicted octanol–water partition coefficient (Wildman–Crippen LogP) is -0.318. The van der Waals surface area contributed by atoms with E-state index in [1.165, 1.54) is 0 Å². The Morgan fingerprint density at radius 1 is 1.62 bits per heavy atom. The van der Waals surface area contributed by atoms with Crippen molar-refractivity contribution in [2.24, 2.45) is 0 Å². The summed E-state index contributed by atoms with van der Waals surface area (Å²) in [5, 5.41) is 12.6. The van der Waals surface area contributed by atoms with Gasteiger partial charge in [0.2, 0.25) is 0 Å². The molecule has 48 valence electrons. The molecule has 0 aromatic rings. The molecule has 0 spiro atoms. The van der Waals surface area contributed by atoms with E-state index in [1.54, 1.807) is 11.8 Å². The van der Waals surface area contributed by atoms with Crippen LogP contribution in [0.3, 0.4) is 0 Å². The van der Waals surface area contributed by atoms with Crippen molar-refractivity contribution in [1.82, 2.24) is 5.32 Å². The highest BCUT2D eigenvalue weighted by molar-refractivity contribution is 7.99. The van der Waals surface area contributed by atoms with Gasteiger partial charge in [-0.2, -0.15) is 11.8 Å². The number of aliphatic hydroxyl groups is 1. The Hall–Kier alpha value is 0.270. The quantitative estimate of drug-likeness (QED) is 0.514. The molecule has 3 heteroatoms. The zero-order valence-electron chi connectivity index (χ0n) is 4.92. The Morgan fingerprint density at radius 3 is 2.62 bits per heavy atom. The highest BCUT2D eigenvalue weighted by Gasteiger charge is 2.22. The molecule has 0 unspecified atom stereocenters. The molecule has 0 aliphatic carbocycles. The van der Waals surface area contributed by atoms with Crippen molar-refractivity contribution in [3.8, 4) is 0 Å². The summed E-state index contributed by atoms with van der Waals surface area (Å²) in [6, 6.07) is 0. The first-order valence-electron chi connectivity index (χ1n) is 2.76. The maximum Gasteiger partial charge on any atom is 0.0795 e. The molecule has 1 fully saturated rings. The topological polar surface area (TPSA) is 32.3 Å². The molecule has 8 heavy (non-hydrogen) atoms. The molecule has 0 aromatic carbocycles. The second-order valence-corrected chi connectivity index (χ2v) is 3.08. The summed E-state index contributed by atoms with van der Waals surface area (Å²) in [5.74, 6) is 0. The van der Waals surface area contributed by atoms with Crippen molar-refractivity contribution in [1.29, 1.82) is 0 Å². The average molecular weight is 133 g/mol. The fraction of sp³-hybridized carbons (Fsp3) is 1.00. The normalized spacial score (nSPS) is 38.2. The Kier molecular flexibility index (Phi) is 2.16. The second-order valence-electron chi connectivity index (χ2n) is 2.00. The summed E-state index contributed by atoms with van der Waals surface area (Å²) in [6.45, 7) is 1.73. The first kappa shape index (κ1) is 6.39. The van der Waals surface area contributed by atoms with Crippen molar-refractivity contribution < 1.29 is 5.11 Å². The molecule has 0 saturated carbocycles. The lowest BCUT2D eigenvalue weighted by Crippen LogP contribution is -2.19. The van der Waals surface area contributed by atoms with Crippen LogP contribution in [0.25, 0.3) is 0 Å². The Morgan fingerprint density at radius 2 is 2.38 bits per heavy atom. The van der Waals surface area contributed by atoms with Gasteiger partial charge in [0, 0.05) is 18.3 Å². The van der Waals surface area contributed by atoms with E-state index >= 15 is 0 Å². The summed E-state index contributed by atoms with van der Waals surface area (Å²) in [4.78, 5) is 0. The van der Waals surface area contributed by atoms with Crippen LogP contribution < -0.4 is 5.32 Å². The molecule has 2 N–H and O–H groups in total. The molecule has 1 rings (SSSR count). The van der Waals surface area contributed by atoms with Crippen molar-refractivity contribution in [2.75, 3.05) is 19.3 Å². The first-order chi connectivity index (χ1) is 3.84. The van der Waals surface area contributed by atoms with E-state index in [1.807, 2.05) is 6.26 Å². The minimum absolute atomic E-state index is 0.120. The summed E-state index contributed by atoms with van der Waals surface area (Å²) in [6.07, 6.45) is 1.91. The first-order valence-corrected chi connectivity index (χ1v) is 4.05. The van der Waals surface area contributed by atoms with Crippen molar-refractivity contribution in [2.45, 2.75) is 11.4 Å². The standard InChI is InChI=1S/C5H11NOS/c1-8-5-3-6-2-4(5)7/h4-7H,2-3H2,1H3/t4-,5-/m1/s1. The van der Waals surface area contributed by atoms with Gasteiger partial charge in [0.25, 0.3) is 0 Å². The number of thioether (sulfide) groups is 1. The third-order valence-electron chi connectivity index (χ3n) is 1.43. The van der Waals surface area contributed by atoms with Crippen LogP contribution in [0.15, 0.2) is 0 Å². The van der Waals surface area contributed by atoms with E-state index in [0.717, 1.165) is 13.1 Å². The van der Waals surface area contributed by atoms with Crippen molar-refractivity contribution in [3.63, 3.8) is 0 Å². The number of hydrogen-bond acceptors (Lipinski definition) is 3. The fourth-order valence-electron chi connectivity index (χ4n) is 0.881. The van der Waals surface area contributed by atoms with Crippen molar-refractivity contribution >= 4 is 11.8 Å². The summed E-state index contributed by atoms with van der Waals surface area (Å²) >= 11 is 1.73. The van der Waals surface area contributed by atoms with Gasteiger partial charge in [0.05, 0.1) is 6.10 Å². The van der Waals surface area contributed by atoms with Crippen LogP contribution in [0.1, 0.15) is 0 Å². The monoisotopic (exact) mass is 133 g/mol. The van der Waals surface area contributed by atoms with E-state index in [0.29, 0.717) is 5.25 Å². The Balaban J connectivity index is 2.30. The van der Waals surface area contributed by atoms with Gasteiger partial charge in [0.1, 0.15) is 0 Å². The Labute approximate surface area is 53.7 Å². The maximum absolute atomic E-state index is 9.11. The molecule has 0 amide bonds. The van der Waals surface area contributed by atoms with Crippen LogP contribution >= 0.6 is 11.8 Å². The lowest BCUT2D eigenvalue weighted by atomic mass is 10.3. The number of nitrogens with one attached hydrogen (secondary N) is 1. The average Bonchev–Trinajstić information content (AvgIpc) is 2.14. The number of rotatable bonds is 1. The molecular formula is C5H11NOS. The van der Waals surface area contributed by atoms with E-state index in [4.69, 9.17) is 5.11 Å². The molecule has 0 bridgehead atoms. The fourth-order valence-corrected chi connectivity index (χ4v) is 1.58. The van der Waals surface area contributed by atoms with Gasteiger partial charge in [-0.1, -0.05) is 0 Å². The van der Waals surface area contributed by atoms with Gasteiger partial charge in [-0.15, -0.1) is 0 Å². The second kappa shape index (κ2) is 2.71. The van der Waals surface area contributed by atoms with E-state index in [9.17, 15) is 0 Å². The van der Waals surface area contributed by atoms with Gasteiger partial charge < -0.3 is 10.4 Å². The van der Waals surface area contributed by atoms with Gasteiger partial charge in [-0.05, 0) is 6.26 Å². The minimum Gasteiger partial charge on any atom is -0.391 e.